The van der Waals surface area contributed by atoms with Crippen LogP contribution in [0.5, 0.6) is 6.01 Å². The van der Waals surface area contributed by atoms with Gasteiger partial charge in [-0.25, -0.2) is 6.57 Å². The summed E-state index contributed by atoms with van der Waals surface area (Å²) in [5.41, 5.74) is 3.08. The largest absolute Gasteiger partial charge is 0.462 e. The van der Waals surface area contributed by atoms with Gasteiger partial charge in [-0.1, -0.05) is 49.4 Å². The zero-order valence-electron chi connectivity index (χ0n) is 26.0. The van der Waals surface area contributed by atoms with E-state index in [0.717, 1.165) is 70.9 Å². The number of rotatable bonds is 8. The predicted molar refractivity (Wildman–Crippen MR) is 200 cm³/mol. The molecule has 0 aliphatic carbocycles. The van der Waals surface area contributed by atoms with Crippen molar-refractivity contribution in [1.29, 1.82) is 0 Å². The van der Waals surface area contributed by atoms with Gasteiger partial charge in [-0.2, -0.15) is 37.0 Å². The summed E-state index contributed by atoms with van der Waals surface area (Å²) in [7, 11) is 2.13. The van der Waals surface area contributed by atoms with Gasteiger partial charge in [0.05, 0.1) is 23.9 Å². The van der Waals surface area contributed by atoms with Crippen molar-refractivity contribution in [2.45, 2.75) is 45.3 Å². The number of hydrogen-bond donors (Lipinski definition) is 1. The Hall–Kier alpha value is -3.21. The SMILES string of the molecule is C.S.S.[C-]#[N+]C[C@H]1CN(c2nc(OC[C@@H]3CCCN3C)nc3c2CCN(c2cccc4cccc(Cl)c24)C3)CCN1C(=O)/C=C/CO. The molecule has 47 heavy (non-hydrogen) atoms. The summed E-state index contributed by atoms with van der Waals surface area (Å²) in [6.45, 7) is 12.0. The number of likely N-dealkylation sites (tertiary alicyclic amines) is 1. The number of hydrogen-bond acceptors (Lipinski definition) is 8. The third kappa shape index (κ3) is 8.27. The molecule has 0 bridgehead atoms. The highest BCUT2D eigenvalue weighted by atomic mass is 35.5. The fourth-order valence-corrected chi connectivity index (χ4v) is 6.95. The molecule has 13 heteroatoms. The summed E-state index contributed by atoms with van der Waals surface area (Å²) in [5, 5.41) is 12.0. The van der Waals surface area contributed by atoms with Gasteiger partial charge in [0.25, 0.3) is 0 Å². The number of piperazine rings is 1. The average Bonchev–Trinajstić information content (AvgIpc) is 3.46. The van der Waals surface area contributed by atoms with Gasteiger partial charge < -0.3 is 34.3 Å². The van der Waals surface area contributed by atoms with Crippen LogP contribution in [0.2, 0.25) is 5.02 Å². The third-order valence-electron chi connectivity index (χ3n) is 9.00. The Balaban J connectivity index is 0.00000200. The molecule has 3 aromatic rings. The first-order valence-electron chi connectivity index (χ1n) is 15.3. The smallest absolute Gasteiger partial charge is 0.318 e. The zero-order valence-corrected chi connectivity index (χ0v) is 28.8. The Labute approximate surface area is 297 Å². The number of aromatic nitrogens is 2. The summed E-state index contributed by atoms with van der Waals surface area (Å²) in [6, 6.07) is 12.7. The van der Waals surface area contributed by atoms with Gasteiger partial charge in [0, 0.05) is 54.9 Å². The van der Waals surface area contributed by atoms with Gasteiger partial charge in [0.1, 0.15) is 18.5 Å². The molecule has 254 valence electrons. The van der Waals surface area contributed by atoms with Gasteiger partial charge in [0.15, 0.2) is 0 Å². The molecule has 1 N–H and O–H groups in total. The summed E-state index contributed by atoms with van der Waals surface area (Å²) in [4.78, 5) is 35.0. The minimum atomic E-state index is -0.294. The van der Waals surface area contributed by atoms with Crippen LogP contribution in [0.4, 0.5) is 11.5 Å². The lowest BCUT2D eigenvalue weighted by atomic mass is 10.0. The molecular weight excluding hydrogens is 654 g/mol. The number of nitrogens with zero attached hydrogens (tertiary/aromatic N) is 7. The van der Waals surface area contributed by atoms with Gasteiger partial charge >= 0.3 is 6.01 Å². The number of carbonyl (C=O) groups is 1. The lowest BCUT2D eigenvalue weighted by molar-refractivity contribution is -0.128. The van der Waals surface area contributed by atoms with Crippen LogP contribution in [0.25, 0.3) is 15.6 Å². The number of fused-ring (bicyclic) bond motifs is 2. The van der Waals surface area contributed by atoms with Crippen LogP contribution in [0, 0.1) is 6.57 Å². The highest BCUT2D eigenvalue weighted by molar-refractivity contribution is 7.59. The van der Waals surface area contributed by atoms with Crippen molar-refractivity contribution in [1.82, 2.24) is 19.8 Å². The highest BCUT2D eigenvalue weighted by Crippen LogP contribution is 2.37. The number of anilines is 2. The number of ether oxygens (including phenoxy) is 1. The molecule has 0 spiro atoms. The number of amides is 1. The second-order valence-corrected chi connectivity index (χ2v) is 12.1. The zero-order chi connectivity index (χ0) is 30.6. The van der Waals surface area contributed by atoms with Crippen LogP contribution in [0.15, 0.2) is 48.6 Å². The second kappa shape index (κ2) is 17.3. The van der Waals surface area contributed by atoms with Crippen LogP contribution in [0.1, 0.15) is 31.5 Å². The lowest BCUT2D eigenvalue weighted by Crippen LogP contribution is -2.56. The molecular formula is C34H46ClN7O3S2. The van der Waals surface area contributed by atoms with Crippen molar-refractivity contribution in [3.8, 4) is 6.01 Å². The van der Waals surface area contributed by atoms with E-state index < -0.39 is 0 Å². The Kier molecular flexibility index (Phi) is 14.0. The molecule has 2 atom stereocenters. The Morgan fingerprint density at radius 3 is 2.62 bits per heavy atom. The fraction of sp³-hybridized carbons (Fsp3) is 0.471. The van der Waals surface area contributed by atoms with Crippen LogP contribution in [-0.2, 0) is 17.8 Å². The molecule has 1 amide bonds. The van der Waals surface area contributed by atoms with E-state index >= 15 is 0 Å². The van der Waals surface area contributed by atoms with Gasteiger partial charge in [-0.15, -0.1) is 0 Å². The normalized spacial score (nSPS) is 19.4. The first-order chi connectivity index (χ1) is 21.5. The van der Waals surface area contributed by atoms with Crippen molar-refractivity contribution < 1.29 is 14.6 Å². The molecule has 2 aromatic carbocycles. The standard InChI is InChI=1S/C33H38ClN7O3.CH4.2H2S/c1-35-19-25-20-40(16-17-41(25)30(43)12-6-18-42)32-26-13-15-39(29-11-4-8-23-7-3-10-27(34)31(23)29)21-28(26)36-33(37-32)44-22-24-9-5-14-38(24)2;;;/h3-4,6-8,10-12,24-25,42H,5,9,13-22H2,2H3;1H4;2*1H2/b12-6+;;;/t24-,25-;;;/m0.../s1. The summed E-state index contributed by atoms with van der Waals surface area (Å²) >= 11 is 6.70. The molecule has 0 unspecified atom stereocenters. The average molecular weight is 700 g/mol. The minimum Gasteiger partial charge on any atom is -0.462 e. The number of benzene rings is 2. The lowest BCUT2D eigenvalue weighted by Gasteiger charge is -2.41. The number of likely N-dealkylation sites (N-methyl/N-ethyl adjacent to an activating group) is 1. The van der Waals surface area contributed by atoms with E-state index in [1.807, 2.05) is 12.1 Å². The van der Waals surface area contributed by atoms with E-state index in [2.05, 4.69) is 50.9 Å². The van der Waals surface area contributed by atoms with Crippen molar-refractivity contribution >= 4 is 66.8 Å². The second-order valence-electron chi connectivity index (χ2n) is 11.7. The number of aliphatic hydroxyl groups excluding tert-OH is 1. The van der Waals surface area contributed by atoms with Gasteiger partial charge in [-0.3, -0.25) is 4.79 Å². The molecule has 1 aromatic heterocycles. The van der Waals surface area contributed by atoms with Crippen LogP contribution in [0.3, 0.4) is 0 Å². The molecule has 2 saturated heterocycles. The first kappa shape index (κ1) is 38.2. The highest BCUT2D eigenvalue weighted by Gasteiger charge is 2.35. The predicted octanol–water partition coefficient (Wildman–Crippen LogP) is 4.67. The molecule has 6 rings (SSSR count). The van der Waals surface area contributed by atoms with E-state index in [4.69, 9.17) is 38.0 Å². The molecule has 10 nitrogen and oxygen atoms in total. The number of carbonyl (C=O) groups excluding carboxylic acids is 1. The third-order valence-corrected chi connectivity index (χ3v) is 9.32. The van der Waals surface area contributed by atoms with Crippen molar-refractivity contribution in [3.63, 3.8) is 0 Å². The summed E-state index contributed by atoms with van der Waals surface area (Å²) in [6.07, 6.45) is 5.80. The maximum atomic E-state index is 12.8. The maximum absolute atomic E-state index is 12.8. The Bertz CT molecular complexity index is 1600. The fourth-order valence-electron chi connectivity index (χ4n) is 6.67. The topological polar surface area (TPSA) is 89.6 Å². The Morgan fingerprint density at radius 1 is 1.11 bits per heavy atom. The molecule has 3 aliphatic rings. The van der Waals surface area contributed by atoms with Crippen molar-refractivity contribution in [2.24, 2.45) is 0 Å². The van der Waals surface area contributed by atoms with Crippen molar-refractivity contribution in [2.75, 3.05) is 69.3 Å². The quantitative estimate of drug-likeness (QED) is 0.268. The van der Waals surface area contributed by atoms with Crippen LogP contribution < -0.4 is 14.5 Å². The number of halogens is 1. The van der Waals surface area contributed by atoms with Gasteiger partial charge in [0.2, 0.25) is 12.5 Å². The summed E-state index contributed by atoms with van der Waals surface area (Å²) in [5.74, 6) is 0.638. The van der Waals surface area contributed by atoms with E-state index in [1.54, 1.807) is 4.90 Å². The van der Waals surface area contributed by atoms with E-state index in [0.29, 0.717) is 44.8 Å². The molecule has 0 radical (unpaired) electrons. The Morgan fingerprint density at radius 2 is 1.89 bits per heavy atom. The maximum Gasteiger partial charge on any atom is 0.318 e. The molecule has 0 saturated carbocycles. The molecule has 2 fully saturated rings. The molecule has 3 aliphatic heterocycles. The van der Waals surface area contributed by atoms with Crippen molar-refractivity contribution in [3.05, 3.63) is 76.2 Å². The molecule has 4 heterocycles. The first-order valence-corrected chi connectivity index (χ1v) is 15.7. The van der Waals surface area contributed by atoms with Crippen LogP contribution >= 0.6 is 38.6 Å². The van der Waals surface area contributed by atoms with Gasteiger partial charge in [-0.05, 0) is 50.4 Å². The van der Waals surface area contributed by atoms with E-state index in [1.165, 1.54) is 12.2 Å². The number of aliphatic hydroxyl groups is 1. The minimum absolute atomic E-state index is 0. The monoisotopic (exact) mass is 699 g/mol. The van der Waals surface area contributed by atoms with Crippen LogP contribution in [-0.4, -0.2) is 102 Å². The van der Waals surface area contributed by atoms with E-state index in [-0.39, 0.29) is 59.5 Å². The summed E-state index contributed by atoms with van der Waals surface area (Å²) < 4.78 is 6.29. The van der Waals surface area contributed by atoms with E-state index in [9.17, 15) is 4.79 Å².